The van der Waals surface area contributed by atoms with Crippen LogP contribution in [0.3, 0.4) is 0 Å². The first-order chi connectivity index (χ1) is 8.90. The fraction of sp³-hybridized carbons (Fsp3) is 0.467. The molecule has 1 N–H and O–H groups in total. The van der Waals surface area contributed by atoms with Crippen molar-refractivity contribution in [2.24, 2.45) is 5.92 Å². The Morgan fingerprint density at radius 3 is 2.63 bits per heavy atom. The maximum Gasteiger partial charge on any atom is 0.142 e. The van der Waals surface area contributed by atoms with E-state index in [1.165, 1.54) is 0 Å². The lowest BCUT2D eigenvalue weighted by Gasteiger charge is -2.15. The maximum absolute atomic E-state index is 6.19. The lowest BCUT2D eigenvalue weighted by molar-refractivity contribution is 0.347. The molecule has 0 fully saturated rings. The molecule has 106 valence electrons. The summed E-state index contributed by atoms with van der Waals surface area (Å²) in [5.41, 5.74) is 1.92. The van der Waals surface area contributed by atoms with Crippen LogP contribution >= 0.6 is 23.2 Å². The van der Waals surface area contributed by atoms with E-state index in [1.54, 1.807) is 6.07 Å². The van der Waals surface area contributed by atoms with Crippen LogP contribution in [-0.2, 0) is 6.54 Å². The Balaban J connectivity index is 2.83. The van der Waals surface area contributed by atoms with Gasteiger partial charge in [0.25, 0.3) is 0 Å². The van der Waals surface area contributed by atoms with Crippen molar-refractivity contribution in [3.05, 3.63) is 39.9 Å². The minimum atomic E-state index is 0.457. The summed E-state index contributed by atoms with van der Waals surface area (Å²) >= 11 is 12.2. The molecular weight excluding hydrogens is 281 g/mol. The molecule has 2 nitrogen and oxygen atoms in total. The molecule has 0 aliphatic carbocycles. The SMILES string of the molecule is C=C(C)COc1c(Cl)cc(Cl)cc1CNCC(C)C. The zero-order valence-corrected chi connectivity index (χ0v) is 13.2. The Kier molecular flexibility index (Phi) is 6.70. The van der Waals surface area contributed by atoms with Gasteiger partial charge in [-0.3, -0.25) is 0 Å². The standard InChI is InChI=1S/C15H21Cl2NO/c1-10(2)7-18-8-12-5-13(16)6-14(17)15(12)19-9-11(3)4/h5-6,10,18H,3,7-9H2,1-2,4H3. The van der Waals surface area contributed by atoms with Gasteiger partial charge >= 0.3 is 0 Å². The number of hydrogen-bond acceptors (Lipinski definition) is 2. The summed E-state index contributed by atoms with van der Waals surface area (Å²) in [6, 6.07) is 3.58. The molecule has 0 aliphatic rings. The summed E-state index contributed by atoms with van der Waals surface area (Å²) in [6.07, 6.45) is 0. The topological polar surface area (TPSA) is 21.3 Å². The van der Waals surface area contributed by atoms with Crippen molar-refractivity contribution in [3.8, 4) is 5.75 Å². The van der Waals surface area contributed by atoms with E-state index in [0.717, 1.165) is 17.7 Å². The molecule has 0 unspecified atom stereocenters. The Bertz CT molecular complexity index is 444. The van der Waals surface area contributed by atoms with Crippen LogP contribution in [0.1, 0.15) is 26.3 Å². The summed E-state index contributed by atoms with van der Waals surface area (Å²) in [4.78, 5) is 0. The maximum atomic E-state index is 6.19. The van der Waals surface area contributed by atoms with Crippen LogP contribution in [0.25, 0.3) is 0 Å². The quantitative estimate of drug-likeness (QED) is 0.738. The molecule has 0 saturated carbocycles. The van der Waals surface area contributed by atoms with Crippen molar-refractivity contribution in [1.29, 1.82) is 0 Å². The normalized spacial score (nSPS) is 10.8. The molecule has 4 heteroatoms. The number of rotatable bonds is 7. The van der Waals surface area contributed by atoms with Crippen LogP contribution < -0.4 is 10.1 Å². The van der Waals surface area contributed by atoms with Crippen LogP contribution in [0, 0.1) is 5.92 Å². The van der Waals surface area contributed by atoms with E-state index >= 15 is 0 Å². The molecule has 0 amide bonds. The summed E-state index contributed by atoms with van der Waals surface area (Å²) < 4.78 is 5.71. The average molecular weight is 302 g/mol. The number of hydrogen-bond donors (Lipinski definition) is 1. The van der Waals surface area contributed by atoms with Crippen LogP contribution in [0.5, 0.6) is 5.75 Å². The minimum absolute atomic E-state index is 0.457. The van der Waals surface area contributed by atoms with Gasteiger partial charge in [0.1, 0.15) is 12.4 Å². The summed E-state index contributed by atoms with van der Waals surface area (Å²) in [7, 11) is 0. The first-order valence-electron chi connectivity index (χ1n) is 6.36. The van der Waals surface area contributed by atoms with Crippen molar-refractivity contribution in [3.63, 3.8) is 0 Å². The van der Waals surface area contributed by atoms with Crippen LogP contribution in [0.15, 0.2) is 24.3 Å². The molecule has 0 aliphatic heterocycles. The second-order valence-corrected chi connectivity index (χ2v) is 5.99. The molecular formula is C15H21Cl2NO. The molecule has 1 rings (SSSR count). The van der Waals surface area contributed by atoms with Gasteiger partial charge < -0.3 is 10.1 Å². The van der Waals surface area contributed by atoms with Gasteiger partial charge in [0.2, 0.25) is 0 Å². The highest BCUT2D eigenvalue weighted by molar-refractivity contribution is 6.35. The van der Waals surface area contributed by atoms with E-state index in [0.29, 0.717) is 34.9 Å². The molecule has 1 aromatic rings. The Hall–Kier alpha value is -0.700. The molecule has 0 radical (unpaired) electrons. The van der Waals surface area contributed by atoms with Gasteiger partial charge in [0, 0.05) is 17.1 Å². The van der Waals surface area contributed by atoms with Gasteiger partial charge in [-0.25, -0.2) is 0 Å². The highest BCUT2D eigenvalue weighted by Crippen LogP contribution is 2.32. The number of nitrogens with one attached hydrogen (secondary N) is 1. The van der Waals surface area contributed by atoms with Gasteiger partial charge in [-0.05, 0) is 37.1 Å². The fourth-order valence-corrected chi connectivity index (χ4v) is 2.19. The monoisotopic (exact) mass is 301 g/mol. The van der Waals surface area contributed by atoms with Crippen molar-refractivity contribution < 1.29 is 4.74 Å². The fourth-order valence-electron chi connectivity index (χ4n) is 1.60. The molecule has 0 atom stereocenters. The van der Waals surface area contributed by atoms with Gasteiger partial charge in [-0.15, -0.1) is 0 Å². The van der Waals surface area contributed by atoms with Crippen LogP contribution in [0.4, 0.5) is 0 Å². The largest absolute Gasteiger partial charge is 0.487 e. The summed E-state index contributed by atoms with van der Waals surface area (Å²) in [5, 5.41) is 4.52. The third kappa shape index (κ3) is 5.85. The summed E-state index contributed by atoms with van der Waals surface area (Å²) in [6.45, 7) is 12.1. The lowest BCUT2D eigenvalue weighted by Crippen LogP contribution is -2.19. The van der Waals surface area contributed by atoms with Gasteiger partial charge in [0.15, 0.2) is 0 Å². The van der Waals surface area contributed by atoms with Gasteiger partial charge in [-0.1, -0.05) is 43.6 Å². The Morgan fingerprint density at radius 2 is 2.05 bits per heavy atom. The highest BCUT2D eigenvalue weighted by Gasteiger charge is 2.11. The molecule has 0 bridgehead atoms. The minimum Gasteiger partial charge on any atom is -0.487 e. The zero-order valence-electron chi connectivity index (χ0n) is 11.7. The van der Waals surface area contributed by atoms with Crippen molar-refractivity contribution in [2.45, 2.75) is 27.3 Å². The predicted molar refractivity (Wildman–Crippen MR) is 83.3 cm³/mol. The van der Waals surface area contributed by atoms with Crippen molar-refractivity contribution >= 4 is 23.2 Å². The van der Waals surface area contributed by atoms with Crippen LogP contribution in [0.2, 0.25) is 10.0 Å². The second kappa shape index (κ2) is 7.78. The third-order valence-electron chi connectivity index (χ3n) is 2.42. The Labute approximate surface area is 125 Å². The second-order valence-electron chi connectivity index (χ2n) is 5.15. The summed E-state index contributed by atoms with van der Waals surface area (Å²) in [5.74, 6) is 1.28. The highest BCUT2D eigenvalue weighted by atomic mass is 35.5. The molecule has 19 heavy (non-hydrogen) atoms. The van der Waals surface area contributed by atoms with Crippen molar-refractivity contribution in [1.82, 2.24) is 5.32 Å². The van der Waals surface area contributed by atoms with Gasteiger partial charge in [-0.2, -0.15) is 0 Å². The van der Waals surface area contributed by atoms with E-state index in [-0.39, 0.29) is 0 Å². The molecule has 0 saturated heterocycles. The van der Waals surface area contributed by atoms with E-state index in [4.69, 9.17) is 27.9 Å². The van der Waals surface area contributed by atoms with E-state index < -0.39 is 0 Å². The number of benzene rings is 1. The first kappa shape index (κ1) is 16.4. The van der Waals surface area contributed by atoms with E-state index in [2.05, 4.69) is 25.7 Å². The first-order valence-corrected chi connectivity index (χ1v) is 7.11. The van der Waals surface area contributed by atoms with Gasteiger partial charge in [0.05, 0.1) is 5.02 Å². The number of halogens is 2. The molecule has 1 aromatic carbocycles. The zero-order chi connectivity index (χ0) is 14.4. The molecule has 0 heterocycles. The van der Waals surface area contributed by atoms with E-state index in [1.807, 2.05) is 13.0 Å². The molecule has 0 aromatic heterocycles. The Morgan fingerprint density at radius 1 is 1.37 bits per heavy atom. The predicted octanol–water partition coefficient (Wildman–Crippen LogP) is 4.69. The third-order valence-corrected chi connectivity index (χ3v) is 2.92. The lowest BCUT2D eigenvalue weighted by atomic mass is 10.1. The van der Waals surface area contributed by atoms with E-state index in [9.17, 15) is 0 Å². The van der Waals surface area contributed by atoms with Crippen LogP contribution in [-0.4, -0.2) is 13.2 Å². The number of ether oxygens (including phenoxy) is 1. The molecule has 0 spiro atoms. The van der Waals surface area contributed by atoms with Crippen molar-refractivity contribution in [2.75, 3.05) is 13.2 Å². The smallest absolute Gasteiger partial charge is 0.142 e. The average Bonchev–Trinajstić information content (AvgIpc) is 2.26.